The summed E-state index contributed by atoms with van der Waals surface area (Å²) >= 11 is 0. The average molecular weight is 273 g/mol. The van der Waals surface area contributed by atoms with Crippen LogP contribution in [0.25, 0.3) is 0 Å². The van der Waals surface area contributed by atoms with Crippen LogP contribution >= 0.6 is 0 Å². The van der Waals surface area contributed by atoms with Gasteiger partial charge in [-0.05, 0) is 55.2 Å². The molecule has 3 nitrogen and oxygen atoms in total. The third-order valence-corrected chi connectivity index (χ3v) is 5.29. The summed E-state index contributed by atoms with van der Waals surface area (Å²) in [5.74, 6) is 2.95. The van der Waals surface area contributed by atoms with E-state index in [1.54, 1.807) is 7.11 Å². The van der Waals surface area contributed by atoms with Gasteiger partial charge < -0.3 is 14.8 Å². The fourth-order valence-electron chi connectivity index (χ4n) is 3.62. The van der Waals surface area contributed by atoms with Gasteiger partial charge in [-0.2, -0.15) is 0 Å². The van der Waals surface area contributed by atoms with E-state index in [9.17, 15) is 0 Å². The highest BCUT2D eigenvalue weighted by Gasteiger charge is 2.53. The van der Waals surface area contributed by atoms with Crippen molar-refractivity contribution in [3.8, 4) is 11.5 Å². The zero-order chi connectivity index (χ0) is 13.6. The highest BCUT2D eigenvalue weighted by molar-refractivity contribution is 5.43. The van der Waals surface area contributed by atoms with Crippen molar-refractivity contribution in [2.45, 2.75) is 38.1 Å². The number of methoxy groups -OCH3 is 1. The smallest absolute Gasteiger partial charge is 0.124 e. The Morgan fingerprint density at radius 1 is 1.30 bits per heavy atom. The number of hydrogen-bond acceptors (Lipinski definition) is 3. The standard InChI is InChI=1S/C17H23NO2/c1-19-13-4-5-16-14(10-13)15(6-9-20-16)18-11-17(7-8-17)12-2-3-12/h4-5,10,12,15,18H,2-3,6-9,11H2,1H3. The molecule has 2 saturated carbocycles. The largest absolute Gasteiger partial charge is 0.497 e. The van der Waals surface area contributed by atoms with E-state index in [1.807, 2.05) is 12.1 Å². The van der Waals surface area contributed by atoms with Crippen LogP contribution in [-0.2, 0) is 0 Å². The fraction of sp³-hybridized carbons (Fsp3) is 0.647. The Morgan fingerprint density at radius 3 is 2.85 bits per heavy atom. The first-order valence-electron chi connectivity index (χ1n) is 7.85. The number of fused-ring (bicyclic) bond motifs is 1. The predicted octanol–water partition coefficient (Wildman–Crippen LogP) is 3.30. The van der Waals surface area contributed by atoms with Crippen LogP contribution in [0.2, 0.25) is 0 Å². The predicted molar refractivity (Wildman–Crippen MR) is 78.2 cm³/mol. The first-order valence-corrected chi connectivity index (χ1v) is 7.85. The van der Waals surface area contributed by atoms with E-state index < -0.39 is 0 Å². The number of ether oxygens (including phenoxy) is 2. The lowest BCUT2D eigenvalue weighted by Crippen LogP contribution is -2.32. The molecule has 3 heteroatoms. The van der Waals surface area contributed by atoms with Gasteiger partial charge in [0.15, 0.2) is 0 Å². The Hall–Kier alpha value is -1.22. The van der Waals surface area contributed by atoms with Crippen molar-refractivity contribution in [2.75, 3.05) is 20.3 Å². The number of hydrogen-bond donors (Lipinski definition) is 1. The van der Waals surface area contributed by atoms with Crippen molar-refractivity contribution in [1.29, 1.82) is 0 Å². The van der Waals surface area contributed by atoms with Crippen LogP contribution in [0.1, 0.15) is 43.7 Å². The second-order valence-electron chi connectivity index (χ2n) is 6.61. The van der Waals surface area contributed by atoms with Crippen LogP contribution in [-0.4, -0.2) is 20.3 Å². The minimum atomic E-state index is 0.421. The Morgan fingerprint density at radius 2 is 2.15 bits per heavy atom. The lowest BCUT2D eigenvalue weighted by Gasteiger charge is -2.29. The van der Waals surface area contributed by atoms with Gasteiger partial charge >= 0.3 is 0 Å². The van der Waals surface area contributed by atoms with Gasteiger partial charge in [-0.15, -0.1) is 0 Å². The van der Waals surface area contributed by atoms with Gasteiger partial charge in [0.05, 0.1) is 13.7 Å². The van der Waals surface area contributed by atoms with Crippen molar-refractivity contribution >= 4 is 0 Å². The first-order chi connectivity index (χ1) is 9.81. The maximum atomic E-state index is 5.76. The van der Waals surface area contributed by atoms with Gasteiger partial charge in [0.25, 0.3) is 0 Å². The molecule has 2 aliphatic carbocycles. The van der Waals surface area contributed by atoms with Crippen molar-refractivity contribution in [1.82, 2.24) is 5.32 Å². The lowest BCUT2D eigenvalue weighted by atomic mass is 9.96. The van der Waals surface area contributed by atoms with Gasteiger partial charge in [-0.25, -0.2) is 0 Å². The van der Waals surface area contributed by atoms with E-state index in [2.05, 4.69) is 11.4 Å². The molecule has 1 atom stereocenters. The molecule has 1 aliphatic heterocycles. The molecule has 0 radical (unpaired) electrons. The quantitative estimate of drug-likeness (QED) is 0.893. The fourth-order valence-corrected chi connectivity index (χ4v) is 3.62. The van der Waals surface area contributed by atoms with Crippen LogP contribution in [0.5, 0.6) is 11.5 Å². The average Bonchev–Trinajstić information content (AvgIpc) is 3.37. The minimum absolute atomic E-state index is 0.421. The molecule has 108 valence electrons. The zero-order valence-electron chi connectivity index (χ0n) is 12.2. The summed E-state index contributed by atoms with van der Waals surface area (Å²) < 4.78 is 11.1. The van der Waals surface area contributed by atoms with E-state index in [0.29, 0.717) is 11.5 Å². The zero-order valence-corrected chi connectivity index (χ0v) is 12.2. The molecule has 20 heavy (non-hydrogen) atoms. The molecule has 1 unspecified atom stereocenters. The van der Waals surface area contributed by atoms with Gasteiger partial charge in [0.2, 0.25) is 0 Å². The van der Waals surface area contributed by atoms with E-state index in [1.165, 1.54) is 37.8 Å². The SMILES string of the molecule is COc1ccc2c(c1)C(NCC1(C3CC3)CC1)CCO2. The van der Waals surface area contributed by atoms with E-state index in [0.717, 1.165) is 30.4 Å². The number of benzene rings is 1. The minimum Gasteiger partial charge on any atom is -0.497 e. The van der Waals surface area contributed by atoms with Crippen LogP contribution in [0.15, 0.2) is 18.2 Å². The van der Waals surface area contributed by atoms with Gasteiger partial charge in [-0.3, -0.25) is 0 Å². The molecule has 1 heterocycles. The van der Waals surface area contributed by atoms with Gasteiger partial charge in [0.1, 0.15) is 11.5 Å². The van der Waals surface area contributed by atoms with Gasteiger partial charge in [-0.1, -0.05) is 0 Å². The third kappa shape index (κ3) is 2.18. The number of rotatable bonds is 5. The molecule has 0 bridgehead atoms. The molecule has 0 saturated heterocycles. The molecular formula is C17H23NO2. The van der Waals surface area contributed by atoms with Crippen molar-refractivity contribution < 1.29 is 9.47 Å². The topological polar surface area (TPSA) is 30.5 Å². The molecule has 2 fully saturated rings. The summed E-state index contributed by atoms with van der Waals surface area (Å²) in [7, 11) is 1.72. The first kappa shape index (κ1) is 12.5. The Bertz CT molecular complexity index is 506. The molecule has 4 rings (SSSR count). The second kappa shape index (κ2) is 4.66. The van der Waals surface area contributed by atoms with Crippen LogP contribution < -0.4 is 14.8 Å². The van der Waals surface area contributed by atoms with Crippen LogP contribution in [0.3, 0.4) is 0 Å². The van der Waals surface area contributed by atoms with Crippen LogP contribution in [0.4, 0.5) is 0 Å². The molecule has 3 aliphatic rings. The molecule has 0 amide bonds. The maximum Gasteiger partial charge on any atom is 0.124 e. The monoisotopic (exact) mass is 273 g/mol. The molecule has 1 aromatic rings. The Kier molecular flexibility index (Phi) is 2.92. The van der Waals surface area contributed by atoms with Crippen molar-refractivity contribution in [2.24, 2.45) is 11.3 Å². The maximum absolute atomic E-state index is 5.76. The Balaban J connectivity index is 1.49. The summed E-state index contributed by atoms with van der Waals surface area (Å²) in [5.41, 5.74) is 1.92. The summed E-state index contributed by atoms with van der Waals surface area (Å²) in [6.07, 6.45) is 6.83. The van der Waals surface area contributed by atoms with Crippen LogP contribution in [0, 0.1) is 11.3 Å². The molecule has 1 N–H and O–H groups in total. The van der Waals surface area contributed by atoms with Gasteiger partial charge in [0, 0.05) is 24.6 Å². The normalized spacial score (nSPS) is 26.6. The highest BCUT2D eigenvalue weighted by atomic mass is 16.5. The lowest BCUT2D eigenvalue weighted by molar-refractivity contribution is 0.242. The van der Waals surface area contributed by atoms with Crippen molar-refractivity contribution in [3.05, 3.63) is 23.8 Å². The number of nitrogens with one attached hydrogen (secondary N) is 1. The summed E-state index contributed by atoms with van der Waals surface area (Å²) in [6.45, 7) is 1.99. The second-order valence-corrected chi connectivity index (χ2v) is 6.61. The molecular weight excluding hydrogens is 250 g/mol. The van der Waals surface area contributed by atoms with Crippen molar-refractivity contribution in [3.63, 3.8) is 0 Å². The Labute approximate surface area is 120 Å². The summed E-state index contributed by atoms with van der Waals surface area (Å²) in [6, 6.07) is 6.57. The highest BCUT2D eigenvalue weighted by Crippen LogP contribution is 2.61. The summed E-state index contributed by atoms with van der Waals surface area (Å²) in [4.78, 5) is 0. The molecule has 1 aromatic carbocycles. The van der Waals surface area contributed by atoms with E-state index in [-0.39, 0.29) is 0 Å². The van der Waals surface area contributed by atoms with E-state index >= 15 is 0 Å². The molecule has 0 spiro atoms. The molecule has 0 aromatic heterocycles. The summed E-state index contributed by atoms with van der Waals surface area (Å²) in [5, 5.41) is 3.82. The third-order valence-electron chi connectivity index (χ3n) is 5.29. The van der Waals surface area contributed by atoms with E-state index in [4.69, 9.17) is 9.47 Å².